The minimum atomic E-state index is -1.65. The maximum Gasteiger partial charge on any atom is 0.259 e. The van der Waals surface area contributed by atoms with E-state index in [-0.39, 0.29) is 18.0 Å². The summed E-state index contributed by atoms with van der Waals surface area (Å²) >= 11 is 0. The highest BCUT2D eigenvalue weighted by molar-refractivity contribution is 7.85. The van der Waals surface area contributed by atoms with E-state index in [1.165, 1.54) is 11.0 Å². The fourth-order valence-electron chi connectivity index (χ4n) is 4.23. The number of nitrogens with one attached hydrogen (secondary N) is 1. The fourth-order valence-corrected chi connectivity index (χ4v) is 5.57. The van der Waals surface area contributed by atoms with Gasteiger partial charge in [0.25, 0.3) is 11.8 Å². The predicted molar refractivity (Wildman–Crippen MR) is 137 cm³/mol. The summed E-state index contributed by atoms with van der Waals surface area (Å²) in [6, 6.07) is 27.5. The standard InChI is InChI=1S/C29H23FN2O3S/c30-24-12-6-4-10-22(24)19-32-25-18-21(28(33)31-17-16-20-8-2-1-3-9-20)14-15-27(25)36(35)26-13-7-5-11-23(26)29(32)34/h1-15,18H,16-17,19H2,(H,31,33)/t36-/m1/s1. The number of nitrogens with zero attached hydrogens (tertiary/aromatic N) is 1. The number of halogens is 1. The van der Waals surface area contributed by atoms with Crippen molar-refractivity contribution in [2.45, 2.75) is 22.8 Å². The molecule has 5 rings (SSSR count). The van der Waals surface area contributed by atoms with Crippen LogP contribution in [0, 0.1) is 5.82 Å². The molecule has 1 aliphatic heterocycles. The Morgan fingerprint density at radius 1 is 0.861 bits per heavy atom. The maximum absolute atomic E-state index is 14.5. The molecule has 0 aromatic heterocycles. The quantitative estimate of drug-likeness (QED) is 0.401. The Labute approximate surface area is 211 Å². The number of carbonyl (C=O) groups is 2. The molecule has 7 heteroatoms. The lowest BCUT2D eigenvalue weighted by molar-refractivity contribution is 0.0950. The Bertz CT molecular complexity index is 1470. The van der Waals surface area contributed by atoms with Crippen LogP contribution in [-0.2, 0) is 23.8 Å². The van der Waals surface area contributed by atoms with Crippen LogP contribution in [0.2, 0.25) is 0 Å². The highest BCUT2D eigenvalue weighted by Gasteiger charge is 2.32. The SMILES string of the molecule is O=C(NCCc1ccccc1)c1ccc2c(c1)N(Cc1ccccc1F)C(=O)c1ccccc1[S@]2=O. The number of anilines is 1. The number of hydrogen-bond acceptors (Lipinski definition) is 3. The van der Waals surface area contributed by atoms with Gasteiger partial charge in [-0.1, -0.05) is 60.7 Å². The van der Waals surface area contributed by atoms with E-state index in [0.29, 0.717) is 39.6 Å². The van der Waals surface area contributed by atoms with Gasteiger partial charge in [0.1, 0.15) is 5.82 Å². The van der Waals surface area contributed by atoms with E-state index in [2.05, 4.69) is 5.32 Å². The average Bonchev–Trinajstić information content (AvgIpc) is 2.99. The molecule has 2 amide bonds. The molecule has 4 aromatic rings. The summed E-state index contributed by atoms with van der Waals surface area (Å²) < 4.78 is 28.1. The van der Waals surface area contributed by atoms with Gasteiger partial charge in [0, 0.05) is 17.7 Å². The molecule has 0 saturated carbocycles. The summed E-state index contributed by atoms with van der Waals surface area (Å²) in [5.41, 5.74) is 2.37. The van der Waals surface area contributed by atoms with Crippen LogP contribution in [0.25, 0.3) is 0 Å². The largest absolute Gasteiger partial charge is 0.352 e. The van der Waals surface area contributed by atoms with Crippen molar-refractivity contribution >= 4 is 28.3 Å². The van der Waals surface area contributed by atoms with Crippen LogP contribution in [0.1, 0.15) is 31.8 Å². The van der Waals surface area contributed by atoms with Crippen LogP contribution < -0.4 is 10.2 Å². The van der Waals surface area contributed by atoms with E-state index in [9.17, 15) is 18.2 Å². The van der Waals surface area contributed by atoms with Gasteiger partial charge in [-0.15, -0.1) is 0 Å². The first-order valence-corrected chi connectivity index (χ1v) is 12.7. The molecule has 0 fully saturated rings. The van der Waals surface area contributed by atoms with Crippen molar-refractivity contribution in [3.05, 3.63) is 125 Å². The monoisotopic (exact) mass is 498 g/mol. The van der Waals surface area contributed by atoms with Crippen LogP contribution in [0.5, 0.6) is 0 Å². The molecular formula is C29H23FN2O3S. The molecule has 1 aliphatic rings. The van der Waals surface area contributed by atoms with Crippen LogP contribution >= 0.6 is 0 Å². The number of amides is 2. The van der Waals surface area contributed by atoms with E-state index in [4.69, 9.17) is 0 Å². The molecule has 1 atom stereocenters. The second kappa shape index (κ2) is 10.3. The number of hydrogen-bond donors (Lipinski definition) is 1. The second-order valence-electron chi connectivity index (χ2n) is 8.42. The molecule has 5 nitrogen and oxygen atoms in total. The number of rotatable bonds is 6. The topological polar surface area (TPSA) is 66.5 Å². The third-order valence-electron chi connectivity index (χ3n) is 6.10. The molecule has 0 aliphatic carbocycles. The zero-order valence-corrected chi connectivity index (χ0v) is 20.1. The van der Waals surface area contributed by atoms with Gasteiger partial charge < -0.3 is 10.2 Å². The Morgan fingerprint density at radius 2 is 1.58 bits per heavy atom. The van der Waals surface area contributed by atoms with E-state index < -0.39 is 22.5 Å². The lowest BCUT2D eigenvalue weighted by Gasteiger charge is -2.24. The summed E-state index contributed by atoms with van der Waals surface area (Å²) in [6.45, 7) is 0.373. The summed E-state index contributed by atoms with van der Waals surface area (Å²) in [7, 11) is -1.65. The van der Waals surface area contributed by atoms with Gasteiger partial charge in [-0.2, -0.15) is 0 Å². The van der Waals surface area contributed by atoms with Crippen molar-refractivity contribution in [3.63, 3.8) is 0 Å². The highest BCUT2D eigenvalue weighted by atomic mass is 32.2. The zero-order valence-electron chi connectivity index (χ0n) is 19.3. The van der Waals surface area contributed by atoms with Crippen LogP contribution in [0.15, 0.2) is 107 Å². The van der Waals surface area contributed by atoms with Gasteiger partial charge in [-0.3, -0.25) is 9.59 Å². The van der Waals surface area contributed by atoms with Gasteiger partial charge in [0.2, 0.25) is 0 Å². The minimum absolute atomic E-state index is 0.0663. The molecule has 0 unspecified atom stereocenters. The predicted octanol–water partition coefficient (Wildman–Crippen LogP) is 5.13. The Morgan fingerprint density at radius 3 is 2.39 bits per heavy atom. The normalized spacial score (nSPS) is 14.5. The molecule has 1 N–H and O–H groups in total. The van der Waals surface area contributed by atoms with Gasteiger partial charge in [0.05, 0.1) is 38.4 Å². The Hall–Kier alpha value is -4.10. The van der Waals surface area contributed by atoms with Gasteiger partial charge >= 0.3 is 0 Å². The first-order chi connectivity index (χ1) is 17.5. The van der Waals surface area contributed by atoms with E-state index in [0.717, 1.165) is 5.56 Å². The molecule has 0 spiro atoms. The molecule has 0 bridgehead atoms. The van der Waals surface area contributed by atoms with E-state index in [1.807, 2.05) is 30.3 Å². The second-order valence-corrected chi connectivity index (χ2v) is 9.84. The lowest BCUT2D eigenvalue weighted by Crippen LogP contribution is -2.31. The maximum atomic E-state index is 14.5. The van der Waals surface area contributed by atoms with Crippen LogP contribution in [0.3, 0.4) is 0 Å². The molecule has 1 heterocycles. The summed E-state index contributed by atoms with van der Waals surface area (Å²) in [5, 5.41) is 2.90. The first kappa shape index (κ1) is 23.6. The van der Waals surface area contributed by atoms with Crippen LogP contribution in [-0.4, -0.2) is 22.6 Å². The summed E-state index contributed by atoms with van der Waals surface area (Å²) in [6.07, 6.45) is 0.675. The van der Waals surface area contributed by atoms with E-state index in [1.54, 1.807) is 60.7 Å². The molecule has 0 radical (unpaired) electrons. The molecule has 36 heavy (non-hydrogen) atoms. The number of fused-ring (bicyclic) bond motifs is 2. The lowest BCUT2D eigenvalue weighted by atomic mass is 10.1. The van der Waals surface area contributed by atoms with Gasteiger partial charge in [-0.25, -0.2) is 8.60 Å². The molecule has 180 valence electrons. The number of benzene rings is 4. The minimum Gasteiger partial charge on any atom is -0.352 e. The number of carbonyl (C=O) groups excluding carboxylic acids is 2. The van der Waals surface area contributed by atoms with Crippen LogP contribution in [0.4, 0.5) is 10.1 Å². The van der Waals surface area contributed by atoms with E-state index >= 15 is 0 Å². The third kappa shape index (κ3) is 4.70. The summed E-state index contributed by atoms with van der Waals surface area (Å²) in [4.78, 5) is 28.8. The van der Waals surface area contributed by atoms with Crippen molar-refractivity contribution in [1.29, 1.82) is 0 Å². The van der Waals surface area contributed by atoms with Crippen molar-refractivity contribution < 1.29 is 18.2 Å². The van der Waals surface area contributed by atoms with Crippen molar-refractivity contribution in [2.75, 3.05) is 11.4 Å². The smallest absolute Gasteiger partial charge is 0.259 e. The van der Waals surface area contributed by atoms with Crippen molar-refractivity contribution in [3.8, 4) is 0 Å². The summed E-state index contributed by atoms with van der Waals surface area (Å²) in [5.74, 6) is -1.15. The van der Waals surface area contributed by atoms with Crippen molar-refractivity contribution in [1.82, 2.24) is 5.32 Å². The average molecular weight is 499 g/mol. The molecule has 0 saturated heterocycles. The van der Waals surface area contributed by atoms with Gasteiger partial charge in [-0.05, 0) is 48.4 Å². The molecular weight excluding hydrogens is 475 g/mol. The highest BCUT2D eigenvalue weighted by Crippen LogP contribution is 2.36. The fraction of sp³-hybridized carbons (Fsp3) is 0.103. The third-order valence-corrected chi connectivity index (χ3v) is 7.60. The van der Waals surface area contributed by atoms with Crippen molar-refractivity contribution in [2.24, 2.45) is 0 Å². The Balaban J connectivity index is 1.50. The first-order valence-electron chi connectivity index (χ1n) is 11.5. The van der Waals surface area contributed by atoms with Gasteiger partial charge in [0.15, 0.2) is 0 Å². The zero-order chi connectivity index (χ0) is 25.1. The Kier molecular flexibility index (Phi) is 6.73. The molecule has 4 aromatic carbocycles.